The van der Waals surface area contributed by atoms with Crippen LogP contribution in [0.5, 0.6) is 0 Å². The Morgan fingerprint density at radius 3 is 2.50 bits per heavy atom. The van der Waals surface area contributed by atoms with Crippen molar-refractivity contribution in [3.8, 4) is 5.69 Å². The fraction of sp³-hybridized carbons (Fsp3) is 0. The summed E-state index contributed by atoms with van der Waals surface area (Å²) in [6.45, 7) is 0. The molecule has 1 aromatic carbocycles. The Labute approximate surface area is 76.3 Å². The summed E-state index contributed by atoms with van der Waals surface area (Å²) in [5, 5.41) is 0.848. The van der Waals surface area contributed by atoms with Crippen molar-refractivity contribution in [1.82, 2.24) is 9.55 Å². The van der Waals surface area contributed by atoms with Gasteiger partial charge in [0.15, 0.2) is 0 Å². The monoisotopic (exact) mass is 176 g/mol. The lowest BCUT2D eigenvalue weighted by Crippen LogP contribution is -1.90. The molecule has 0 aliphatic heterocycles. The average molecular weight is 176 g/mol. The first-order valence-corrected chi connectivity index (χ1v) is 4.09. The summed E-state index contributed by atoms with van der Waals surface area (Å²) in [4.78, 5) is 3.98. The lowest BCUT2D eigenvalue weighted by molar-refractivity contribution is 0.955. The van der Waals surface area contributed by atoms with Crippen LogP contribution in [0.15, 0.2) is 47.9 Å². The molecule has 0 atom stereocenters. The standard InChI is InChI=1S/C9H8N2S/c12-9-6-10-7-11(9)8-4-2-1-3-5-8/h1-7,12H. The van der Waals surface area contributed by atoms with E-state index in [1.54, 1.807) is 12.5 Å². The molecule has 0 saturated heterocycles. The smallest absolute Gasteiger partial charge is 0.100 e. The van der Waals surface area contributed by atoms with E-state index in [4.69, 9.17) is 0 Å². The van der Waals surface area contributed by atoms with E-state index in [-0.39, 0.29) is 0 Å². The fourth-order valence-electron chi connectivity index (χ4n) is 1.08. The molecule has 0 amide bonds. The van der Waals surface area contributed by atoms with Gasteiger partial charge in [0.25, 0.3) is 0 Å². The highest BCUT2D eigenvalue weighted by molar-refractivity contribution is 7.80. The average Bonchev–Trinajstić information content (AvgIpc) is 2.53. The first kappa shape index (κ1) is 7.43. The third-order valence-electron chi connectivity index (χ3n) is 1.65. The molecule has 0 bridgehead atoms. The third-order valence-corrected chi connectivity index (χ3v) is 1.98. The van der Waals surface area contributed by atoms with Crippen molar-refractivity contribution in [1.29, 1.82) is 0 Å². The van der Waals surface area contributed by atoms with Gasteiger partial charge >= 0.3 is 0 Å². The maximum absolute atomic E-state index is 4.26. The van der Waals surface area contributed by atoms with Crippen LogP contribution in [0.2, 0.25) is 0 Å². The third kappa shape index (κ3) is 1.23. The molecule has 1 aromatic heterocycles. The Balaban J connectivity index is 2.51. The second kappa shape index (κ2) is 3.03. The fourth-order valence-corrected chi connectivity index (χ4v) is 1.31. The predicted molar refractivity (Wildman–Crippen MR) is 50.8 cm³/mol. The Kier molecular flexibility index (Phi) is 1.87. The zero-order valence-electron chi connectivity index (χ0n) is 6.38. The van der Waals surface area contributed by atoms with Crippen molar-refractivity contribution in [2.75, 3.05) is 0 Å². The molecule has 0 saturated carbocycles. The number of rotatable bonds is 1. The molecule has 0 spiro atoms. The van der Waals surface area contributed by atoms with Gasteiger partial charge in [0.05, 0.1) is 11.2 Å². The van der Waals surface area contributed by atoms with E-state index >= 15 is 0 Å². The summed E-state index contributed by atoms with van der Waals surface area (Å²) < 4.78 is 1.92. The van der Waals surface area contributed by atoms with Gasteiger partial charge in [-0.15, -0.1) is 12.6 Å². The number of imidazole rings is 1. The van der Waals surface area contributed by atoms with Gasteiger partial charge in [-0.1, -0.05) is 18.2 Å². The summed E-state index contributed by atoms with van der Waals surface area (Å²) in [6, 6.07) is 9.99. The molecule has 2 nitrogen and oxygen atoms in total. The molecule has 3 heteroatoms. The largest absolute Gasteiger partial charge is 0.294 e. The molecule has 0 aliphatic rings. The second-order valence-corrected chi connectivity index (χ2v) is 2.92. The number of aromatic nitrogens is 2. The number of benzene rings is 1. The molecular formula is C9H8N2S. The van der Waals surface area contributed by atoms with E-state index in [1.807, 2.05) is 34.9 Å². The maximum atomic E-state index is 4.26. The molecule has 2 rings (SSSR count). The van der Waals surface area contributed by atoms with Gasteiger partial charge in [-0.05, 0) is 12.1 Å². The van der Waals surface area contributed by atoms with E-state index < -0.39 is 0 Å². The van der Waals surface area contributed by atoms with Gasteiger partial charge in [-0.3, -0.25) is 4.57 Å². The summed E-state index contributed by atoms with van der Waals surface area (Å²) >= 11 is 4.26. The summed E-state index contributed by atoms with van der Waals surface area (Å²) in [5.74, 6) is 0. The van der Waals surface area contributed by atoms with Gasteiger partial charge in [-0.25, -0.2) is 4.98 Å². The quantitative estimate of drug-likeness (QED) is 0.659. The number of hydrogen-bond acceptors (Lipinski definition) is 2. The molecule has 0 unspecified atom stereocenters. The highest BCUT2D eigenvalue weighted by atomic mass is 32.1. The van der Waals surface area contributed by atoms with E-state index in [0.717, 1.165) is 10.7 Å². The maximum Gasteiger partial charge on any atom is 0.100 e. The van der Waals surface area contributed by atoms with E-state index in [9.17, 15) is 0 Å². The van der Waals surface area contributed by atoms with Crippen LogP contribution < -0.4 is 0 Å². The number of hydrogen-bond donors (Lipinski definition) is 1. The first-order chi connectivity index (χ1) is 5.88. The Hall–Kier alpha value is -1.22. The van der Waals surface area contributed by atoms with Gasteiger partial charge in [0.2, 0.25) is 0 Å². The van der Waals surface area contributed by atoms with Crippen LogP contribution in [0.1, 0.15) is 0 Å². The molecule has 0 radical (unpaired) electrons. The molecule has 0 aliphatic carbocycles. The molecule has 1 heterocycles. The van der Waals surface area contributed by atoms with Crippen LogP contribution in [-0.4, -0.2) is 9.55 Å². The summed E-state index contributed by atoms with van der Waals surface area (Å²) in [7, 11) is 0. The van der Waals surface area contributed by atoms with Gasteiger partial charge < -0.3 is 0 Å². The zero-order chi connectivity index (χ0) is 8.39. The van der Waals surface area contributed by atoms with Crippen molar-refractivity contribution in [3.05, 3.63) is 42.9 Å². The molecule has 12 heavy (non-hydrogen) atoms. The van der Waals surface area contributed by atoms with E-state index in [0.29, 0.717) is 0 Å². The number of thiol groups is 1. The van der Waals surface area contributed by atoms with Crippen molar-refractivity contribution < 1.29 is 0 Å². The molecule has 2 aromatic rings. The van der Waals surface area contributed by atoms with Crippen LogP contribution in [0.25, 0.3) is 5.69 Å². The van der Waals surface area contributed by atoms with Crippen molar-refractivity contribution >= 4 is 12.6 Å². The molecular weight excluding hydrogens is 168 g/mol. The highest BCUT2D eigenvalue weighted by Crippen LogP contribution is 2.12. The first-order valence-electron chi connectivity index (χ1n) is 3.64. The zero-order valence-corrected chi connectivity index (χ0v) is 7.28. The van der Waals surface area contributed by atoms with Crippen molar-refractivity contribution in [2.24, 2.45) is 0 Å². The highest BCUT2D eigenvalue weighted by Gasteiger charge is 1.97. The van der Waals surface area contributed by atoms with Gasteiger partial charge in [-0.2, -0.15) is 0 Å². The van der Waals surface area contributed by atoms with E-state index in [1.165, 1.54) is 0 Å². The minimum atomic E-state index is 0.848. The van der Waals surface area contributed by atoms with Gasteiger partial charge in [0, 0.05) is 5.69 Å². The number of nitrogens with zero attached hydrogens (tertiary/aromatic N) is 2. The van der Waals surface area contributed by atoms with Crippen LogP contribution in [0, 0.1) is 0 Å². The topological polar surface area (TPSA) is 17.8 Å². The Morgan fingerprint density at radius 1 is 1.17 bits per heavy atom. The second-order valence-electron chi connectivity index (χ2n) is 2.46. The molecule has 0 fully saturated rings. The minimum Gasteiger partial charge on any atom is -0.294 e. The lowest BCUT2D eigenvalue weighted by atomic mass is 10.3. The minimum absolute atomic E-state index is 0.848. The van der Waals surface area contributed by atoms with Crippen LogP contribution >= 0.6 is 12.6 Å². The molecule has 0 N–H and O–H groups in total. The SMILES string of the molecule is Sc1cncn1-c1ccccc1. The normalized spacial score (nSPS) is 10.1. The number of para-hydroxylation sites is 1. The Bertz CT molecular complexity index is 367. The molecule has 60 valence electrons. The van der Waals surface area contributed by atoms with Crippen LogP contribution in [0.3, 0.4) is 0 Å². The predicted octanol–water partition coefficient (Wildman–Crippen LogP) is 2.16. The van der Waals surface area contributed by atoms with Crippen LogP contribution in [-0.2, 0) is 0 Å². The van der Waals surface area contributed by atoms with Crippen molar-refractivity contribution in [3.63, 3.8) is 0 Å². The summed E-state index contributed by atoms with van der Waals surface area (Å²) in [6.07, 6.45) is 3.47. The van der Waals surface area contributed by atoms with Gasteiger partial charge in [0.1, 0.15) is 6.33 Å². The van der Waals surface area contributed by atoms with Crippen LogP contribution in [0.4, 0.5) is 0 Å². The van der Waals surface area contributed by atoms with Crippen molar-refractivity contribution in [2.45, 2.75) is 5.03 Å². The van der Waals surface area contributed by atoms with E-state index in [2.05, 4.69) is 17.6 Å². The lowest BCUT2D eigenvalue weighted by Gasteiger charge is -2.02. The summed E-state index contributed by atoms with van der Waals surface area (Å²) in [5.41, 5.74) is 1.08. The Morgan fingerprint density at radius 2 is 1.92 bits per heavy atom.